The summed E-state index contributed by atoms with van der Waals surface area (Å²) in [6.45, 7) is 9.90. The maximum atomic E-state index is 9.60. The molecule has 110 valence electrons. The molecule has 5 nitrogen and oxygen atoms in total. The maximum Gasteiger partial charge on any atom is 0.293 e. The number of nitrogens with zero attached hydrogens (tertiary/aromatic N) is 2. The van der Waals surface area contributed by atoms with Crippen LogP contribution in [0.15, 0.2) is 12.5 Å². The van der Waals surface area contributed by atoms with Gasteiger partial charge in [0.2, 0.25) is 0 Å². The summed E-state index contributed by atoms with van der Waals surface area (Å²) in [6, 6.07) is 0. The van der Waals surface area contributed by atoms with Crippen LogP contribution in [0, 0.1) is 0 Å². The zero-order chi connectivity index (χ0) is 14.7. The third-order valence-electron chi connectivity index (χ3n) is 2.35. The minimum Gasteiger partial charge on any atom is -0.462 e. The van der Waals surface area contributed by atoms with E-state index in [0.29, 0.717) is 13.0 Å². The number of hydrogen-bond donors (Lipinski definition) is 1. The molecule has 0 unspecified atom stereocenters. The lowest BCUT2D eigenvalue weighted by Crippen LogP contribution is -2.17. The van der Waals surface area contributed by atoms with Crippen LogP contribution in [0.2, 0.25) is 0 Å². The predicted octanol–water partition coefficient (Wildman–Crippen LogP) is 2.14. The Morgan fingerprint density at radius 3 is 2.58 bits per heavy atom. The van der Waals surface area contributed by atoms with Crippen LogP contribution < -0.4 is 5.73 Å². The van der Waals surface area contributed by atoms with Crippen molar-refractivity contribution in [3.8, 4) is 0 Å². The van der Waals surface area contributed by atoms with Gasteiger partial charge in [0.05, 0.1) is 6.33 Å². The molecule has 5 heteroatoms. The minimum absolute atomic E-state index is 0.318. The van der Waals surface area contributed by atoms with Crippen LogP contribution in [0.1, 0.15) is 46.2 Å². The topological polar surface area (TPSA) is 70.1 Å². The first kappa shape index (κ1) is 17.6. The van der Waals surface area contributed by atoms with E-state index in [1.807, 2.05) is 33.3 Å². The van der Waals surface area contributed by atoms with Crippen LogP contribution in [0.3, 0.4) is 0 Å². The second kappa shape index (κ2) is 9.55. The summed E-state index contributed by atoms with van der Waals surface area (Å²) < 4.78 is 6.74. The molecule has 1 heterocycles. The summed E-state index contributed by atoms with van der Waals surface area (Å²) in [5.74, 6) is 0. The molecule has 0 saturated carbocycles. The smallest absolute Gasteiger partial charge is 0.293 e. The average molecular weight is 269 g/mol. The number of aryl methyl sites for hydroxylation is 1. The molecule has 1 aromatic heterocycles. The van der Waals surface area contributed by atoms with Crippen molar-refractivity contribution in [1.82, 2.24) is 9.55 Å². The molecule has 0 atom stereocenters. The second-order valence-corrected chi connectivity index (χ2v) is 5.30. The molecule has 0 spiro atoms. The van der Waals surface area contributed by atoms with Gasteiger partial charge in [0.1, 0.15) is 5.60 Å². The van der Waals surface area contributed by atoms with Gasteiger partial charge in [-0.25, -0.2) is 4.98 Å². The van der Waals surface area contributed by atoms with E-state index in [1.165, 1.54) is 18.5 Å². The second-order valence-electron chi connectivity index (χ2n) is 5.30. The zero-order valence-electron chi connectivity index (χ0n) is 12.6. The Kier molecular flexibility index (Phi) is 8.87. The fraction of sp³-hybridized carbons (Fsp3) is 0.714. The van der Waals surface area contributed by atoms with Crippen molar-refractivity contribution in [2.75, 3.05) is 6.54 Å². The monoisotopic (exact) mass is 269 g/mol. The number of hydrogen-bond acceptors (Lipinski definition) is 4. The highest BCUT2D eigenvalue weighted by molar-refractivity contribution is 5.37. The fourth-order valence-electron chi connectivity index (χ4n) is 1.38. The number of rotatable bonds is 6. The molecule has 1 aromatic rings. The molecule has 0 aromatic carbocycles. The van der Waals surface area contributed by atoms with Gasteiger partial charge in [0.25, 0.3) is 6.47 Å². The number of aromatic nitrogens is 2. The quantitative estimate of drug-likeness (QED) is 0.803. The molecule has 0 aliphatic carbocycles. The van der Waals surface area contributed by atoms with Crippen molar-refractivity contribution in [2.45, 2.75) is 59.1 Å². The molecule has 0 fully saturated rings. The Morgan fingerprint density at radius 1 is 1.47 bits per heavy atom. The lowest BCUT2D eigenvalue weighted by atomic mass is 10.2. The van der Waals surface area contributed by atoms with E-state index in [1.54, 1.807) is 0 Å². The van der Waals surface area contributed by atoms with Gasteiger partial charge < -0.3 is 15.0 Å². The minimum atomic E-state index is -0.318. The van der Waals surface area contributed by atoms with Crippen molar-refractivity contribution in [3.05, 3.63) is 18.2 Å². The highest BCUT2D eigenvalue weighted by atomic mass is 16.5. The van der Waals surface area contributed by atoms with E-state index in [0.717, 1.165) is 13.0 Å². The first-order valence-corrected chi connectivity index (χ1v) is 6.75. The van der Waals surface area contributed by atoms with E-state index in [2.05, 4.69) is 21.2 Å². The highest BCUT2D eigenvalue weighted by Crippen LogP contribution is 2.03. The van der Waals surface area contributed by atoms with Crippen LogP contribution in [0.4, 0.5) is 0 Å². The number of unbranched alkanes of at least 4 members (excludes halogenated alkanes) is 1. The number of carbonyl (C=O) groups is 1. The molecular formula is C14H27N3O2. The molecule has 0 saturated heterocycles. The van der Waals surface area contributed by atoms with Gasteiger partial charge in [-0.05, 0) is 33.7 Å². The van der Waals surface area contributed by atoms with E-state index in [4.69, 9.17) is 5.73 Å². The molecule has 0 aliphatic rings. The first-order chi connectivity index (χ1) is 8.94. The Morgan fingerprint density at radius 2 is 2.16 bits per heavy atom. The number of imidazole rings is 1. The van der Waals surface area contributed by atoms with Crippen LogP contribution in [-0.4, -0.2) is 28.2 Å². The Bertz CT molecular complexity index is 343. The average Bonchev–Trinajstić information content (AvgIpc) is 2.74. The lowest BCUT2D eigenvalue weighted by molar-refractivity contribution is -0.138. The summed E-state index contributed by atoms with van der Waals surface area (Å²) in [5.41, 5.74) is 6.41. The van der Waals surface area contributed by atoms with Gasteiger partial charge in [-0.3, -0.25) is 4.79 Å². The van der Waals surface area contributed by atoms with E-state index in [-0.39, 0.29) is 5.60 Å². The first-order valence-electron chi connectivity index (χ1n) is 6.75. The van der Waals surface area contributed by atoms with Crippen LogP contribution >= 0.6 is 0 Å². The largest absolute Gasteiger partial charge is 0.462 e. The molecule has 0 bridgehead atoms. The van der Waals surface area contributed by atoms with E-state index >= 15 is 0 Å². The van der Waals surface area contributed by atoms with Crippen molar-refractivity contribution in [2.24, 2.45) is 5.73 Å². The molecule has 2 N–H and O–H groups in total. The van der Waals surface area contributed by atoms with Gasteiger partial charge in [-0.15, -0.1) is 0 Å². The molecule has 0 aliphatic heterocycles. The van der Waals surface area contributed by atoms with Crippen LogP contribution in [0.5, 0.6) is 0 Å². The zero-order valence-corrected chi connectivity index (χ0v) is 12.6. The lowest BCUT2D eigenvalue weighted by Gasteiger charge is -2.14. The normalized spacial score (nSPS) is 10.6. The van der Waals surface area contributed by atoms with Gasteiger partial charge in [0, 0.05) is 24.9 Å². The molecule has 0 radical (unpaired) electrons. The van der Waals surface area contributed by atoms with E-state index < -0.39 is 0 Å². The standard InChI is InChI=1S/C9H17N3.C5H10O2/c1-2-3-6-12-8-11-7-9(12)4-5-10;1-5(2,3)7-4-6/h7-8H,2-6,10H2,1H3;4H,1-3H3. The summed E-state index contributed by atoms with van der Waals surface area (Å²) >= 11 is 0. The predicted molar refractivity (Wildman–Crippen MR) is 76.8 cm³/mol. The molecule has 19 heavy (non-hydrogen) atoms. The van der Waals surface area contributed by atoms with Crippen molar-refractivity contribution < 1.29 is 9.53 Å². The third kappa shape index (κ3) is 9.25. The molecular weight excluding hydrogens is 242 g/mol. The van der Waals surface area contributed by atoms with Gasteiger partial charge in [0.15, 0.2) is 0 Å². The highest BCUT2D eigenvalue weighted by Gasteiger charge is 2.07. The number of carbonyl (C=O) groups excluding carboxylic acids is 1. The Balaban J connectivity index is 0.000000399. The summed E-state index contributed by atoms with van der Waals surface area (Å²) in [6.07, 6.45) is 7.17. The third-order valence-corrected chi connectivity index (χ3v) is 2.35. The van der Waals surface area contributed by atoms with Crippen LogP contribution in [0.25, 0.3) is 0 Å². The summed E-state index contributed by atoms with van der Waals surface area (Å²) in [7, 11) is 0. The van der Waals surface area contributed by atoms with E-state index in [9.17, 15) is 4.79 Å². The van der Waals surface area contributed by atoms with Crippen molar-refractivity contribution in [1.29, 1.82) is 0 Å². The molecule has 0 amide bonds. The fourth-order valence-corrected chi connectivity index (χ4v) is 1.38. The SMILES string of the molecule is CC(C)(C)OC=O.CCCCn1cncc1CCN. The Hall–Kier alpha value is -1.36. The Labute approximate surface area is 116 Å². The molecule has 1 rings (SSSR count). The maximum absolute atomic E-state index is 9.60. The van der Waals surface area contributed by atoms with Gasteiger partial charge in [-0.2, -0.15) is 0 Å². The van der Waals surface area contributed by atoms with Crippen molar-refractivity contribution in [3.63, 3.8) is 0 Å². The summed E-state index contributed by atoms with van der Waals surface area (Å²) in [4.78, 5) is 13.7. The number of ether oxygens (including phenoxy) is 1. The number of nitrogens with two attached hydrogens (primary N) is 1. The van der Waals surface area contributed by atoms with Crippen LogP contribution in [-0.2, 0) is 22.5 Å². The van der Waals surface area contributed by atoms with Gasteiger partial charge in [-0.1, -0.05) is 13.3 Å². The van der Waals surface area contributed by atoms with Crippen molar-refractivity contribution >= 4 is 6.47 Å². The van der Waals surface area contributed by atoms with Gasteiger partial charge >= 0.3 is 0 Å². The summed E-state index contributed by atoms with van der Waals surface area (Å²) in [5, 5.41) is 0.